The van der Waals surface area contributed by atoms with Crippen LogP contribution in [-0.4, -0.2) is 11.1 Å². The van der Waals surface area contributed by atoms with Crippen molar-refractivity contribution < 1.29 is 9.90 Å². The van der Waals surface area contributed by atoms with E-state index in [0.717, 1.165) is 20.7 Å². The number of hydrogen-bond donors (Lipinski definition) is 1. The zero-order valence-electron chi connectivity index (χ0n) is 8.74. The lowest BCUT2D eigenvalue weighted by molar-refractivity contribution is -0.141. The Bertz CT molecular complexity index is 533. The van der Waals surface area contributed by atoms with Gasteiger partial charge < -0.3 is 5.11 Å². The largest absolute Gasteiger partial charge is 0.481 e. The van der Waals surface area contributed by atoms with E-state index in [0.29, 0.717) is 6.42 Å². The van der Waals surface area contributed by atoms with Gasteiger partial charge in [-0.1, -0.05) is 30.7 Å². The van der Waals surface area contributed by atoms with Crippen molar-refractivity contribution in [3.8, 4) is 0 Å². The number of hydrogen-bond acceptors (Lipinski definition) is 2. The molecule has 1 unspecified atom stereocenters. The lowest BCUT2D eigenvalue weighted by Gasteiger charge is -2.04. The third-order valence-corrected chi connectivity index (χ3v) is 4.08. The van der Waals surface area contributed by atoms with Crippen LogP contribution in [-0.2, 0) is 11.2 Å². The summed E-state index contributed by atoms with van der Waals surface area (Å²) in [5, 5.41) is 12.7. The maximum Gasteiger partial charge on any atom is 0.306 e. The van der Waals surface area contributed by atoms with Gasteiger partial charge in [0.25, 0.3) is 0 Å². The van der Waals surface area contributed by atoms with Crippen LogP contribution < -0.4 is 0 Å². The molecule has 2 nitrogen and oxygen atoms in total. The average Bonchev–Trinajstić information content (AvgIpc) is 2.63. The second-order valence-electron chi connectivity index (χ2n) is 3.82. The standard InChI is InChI=1S/C12H11ClO2S/c1-7(12(14)15)5-8-6-16-11-9(8)3-2-4-10(11)13/h2-4,6-7H,5H2,1H3,(H,14,15). The molecule has 0 saturated heterocycles. The van der Waals surface area contributed by atoms with Gasteiger partial charge in [-0.05, 0) is 28.8 Å². The van der Waals surface area contributed by atoms with Crippen molar-refractivity contribution in [1.29, 1.82) is 0 Å². The average molecular weight is 255 g/mol. The van der Waals surface area contributed by atoms with Crippen molar-refractivity contribution in [3.63, 3.8) is 0 Å². The molecule has 0 bridgehead atoms. The monoisotopic (exact) mass is 254 g/mol. The molecule has 1 atom stereocenters. The van der Waals surface area contributed by atoms with Crippen molar-refractivity contribution >= 4 is 39.0 Å². The van der Waals surface area contributed by atoms with Gasteiger partial charge in [0, 0.05) is 0 Å². The highest BCUT2D eigenvalue weighted by molar-refractivity contribution is 7.18. The number of carbonyl (C=O) groups is 1. The molecule has 16 heavy (non-hydrogen) atoms. The van der Waals surface area contributed by atoms with Crippen LogP contribution in [0.4, 0.5) is 0 Å². The number of halogens is 1. The van der Waals surface area contributed by atoms with Gasteiger partial charge in [-0.25, -0.2) is 0 Å². The molecule has 2 aromatic rings. The summed E-state index contributed by atoms with van der Waals surface area (Å²) in [6, 6.07) is 5.73. The molecule has 0 aliphatic rings. The maximum atomic E-state index is 10.8. The van der Waals surface area contributed by atoms with Gasteiger partial charge in [-0.2, -0.15) is 0 Å². The summed E-state index contributed by atoms with van der Waals surface area (Å²) in [5.41, 5.74) is 1.07. The molecule has 0 aliphatic carbocycles. The molecule has 84 valence electrons. The SMILES string of the molecule is CC(Cc1csc2c(Cl)cccc12)C(=O)O. The molecule has 4 heteroatoms. The molecule has 0 amide bonds. The zero-order valence-corrected chi connectivity index (χ0v) is 10.3. The van der Waals surface area contributed by atoms with E-state index in [1.54, 1.807) is 18.3 Å². The van der Waals surface area contributed by atoms with E-state index in [1.807, 2.05) is 23.6 Å². The molecule has 0 saturated carbocycles. The van der Waals surface area contributed by atoms with Crippen molar-refractivity contribution in [2.24, 2.45) is 5.92 Å². The highest BCUT2D eigenvalue weighted by atomic mass is 35.5. The fourth-order valence-corrected chi connectivity index (χ4v) is 2.95. The Morgan fingerprint density at radius 2 is 2.31 bits per heavy atom. The molecule has 0 aliphatic heterocycles. The Morgan fingerprint density at radius 3 is 3.00 bits per heavy atom. The summed E-state index contributed by atoms with van der Waals surface area (Å²) in [5.74, 6) is -1.13. The van der Waals surface area contributed by atoms with Crippen molar-refractivity contribution in [1.82, 2.24) is 0 Å². The molecular formula is C12H11ClO2S. The van der Waals surface area contributed by atoms with Gasteiger partial charge in [-0.3, -0.25) is 4.79 Å². The van der Waals surface area contributed by atoms with Crippen molar-refractivity contribution in [2.75, 3.05) is 0 Å². The molecule has 2 rings (SSSR count). The summed E-state index contributed by atoms with van der Waals surface area (Å²) >= 11 is 7.63. The molecule has 1 heterocycles. The van der Waals surface area contributed by atoms with E-state index in [-0.39, 0.29) is 5.92 Å². The predicted molar refractivity (Wildman–Crippen MR) is 67.3 cm³/mol. The summed E-state index contributed by atoms with van der Waals surface area (Å²) in [7, 11) is 0. The number of benzene rings is 1. The van der Waals surface area contributed by atoms with E-state index in [1.165, 1.54) is 0 Å². The Labute approximate surface area is 102 Å². The first-order valence-electron chi connectivity index (χ1n) is 4.97. The minimum absolute atomic E-state index is 0.364. The van der Waals surface area contributed by atoms with Gasteiger partial charge in [0.15, 0.2) is 0 Å². The van der Waals surface area contributed by atoms with Crippen LogP contribution in [0.1, 0.15) is 12.5 Å². The normalized spacial score (nSPS) is 12.9. The molecule has 0 fully saturated rings. The molecule has 1 aromatic heterocycles. The van der Waals surface area contributed by atoms with E-state index in [9.17, 15) is 4.79 Å². The second-order valence-corrected chi connectivity index (χ2v) is 5.11. The first kappa shape index (κ1) is 11.4. The first-order chi connectivity index (χ1) is 7.59. The summed E-state index contributed by atoms with van der Waals surface area (Å²) < 4.78 is 1.04. The van der Waals surface area contributed by atoms with Crippen LogP contribution in [0.15, 0.2) is 23.6 Å². The highest BCUT2D eigenvalue weighted by Gasteiger charge is 2.14. The predicted octanol–water partition coefficient (Wildman–Crippen LogP) is 3.82. The number of thiophene rings is 1. The van der Waals surface area contributed by atoms with E-state index < -0.39 is 5.97 Å². The fraction of sp³-hybridized carbons (Fsp3) is 0.250. The van der Waals surface area contributed by atoms with E-state index >= 15 is 0 Å². The van der Waals surface area contributed by atoms with Crippen LogP contribution in [0, 0.1) is 5.92 Å². The fourth-order valence-electron chi connectivity index (χ4n) is 1.65. The van der Waals surface area contributed by atoms with Crippen molar-refractivity contribution in [3.05, 3.63) is 34.2 Å². The number of aliphatic carboxylic acids is 1. The highest BCUT2D eigenvalue weighted by Crippen LogP contribution is 2.33. The summed E-state index contributed by atoms with van der Waals surface area (Å²) in [6.07, 6.45) is 0.551. The number of rotatable bonds is 3. The maximum absolute atomic E-state index is 10.8. The van der Waals surface area contributed by atoms with Crippen LogP contribution in [0.3, 0.4) is 0 Å². The van der Waals surface area contributed by atoms with Gasteiger partial charge in [0.1, 0.15) is 0 Å². The number of fused-ring (bicyclic) bond motifs is 1. The molecular weight excluding hydrogens is 244 g/mol. The van der Waals surface area contributed by atoms with E-state index in [2.05, 4.69) is 0 Å². The molecule has 0 radical (unpaired) electrons. The summed E-state index contributed by atoms with van der Waals surface area (Å²) in [4.78, 5) is 10.8. The quantitative estimate of drug-likeness (QED) is 0.904. The smallest absolute Gasteiger partial charge is 0.306 e. The molecule has 1 aromatic carbocycles. The molecule has 0 spiro atoms. The lowest BCUT2D eigenvalue weighted by Crippen LogP contribution is -2.11. The lowest BCUT2D eigenvalue weighted by atomic mass is 10.0. The Kier molecular flexibility index (Phi) is 3.17. The van der Waals surface area contributed by atoms with E-state index in [4.69, 9.17) is 16.7 Å². The Morgan fingerprint density at radius 1 is 1.56 bits per heavy atom. The number of carboxylic acid groups (broad SMARTS) is 1. The first-order valence-corrected chi connectivity index (χ1v) is 6.22. The van der Waals surface area contributed by atoms with Crippen LogP contribution in [0.25, 0.3) is 10.1 Å². The summed E-state index contributed by atoms with van der Waals surface area (Å²) in [6.45, 7) is 1.72. The minimum Gasteiger partial charge on any atom is -0.481 e. The van der Waals surface area contributed by atoms with Gasteiger partial charge in [-0.15, -0.1) is 11.3 Å². The van der Waals surface area contributed by atoms with Crippen molar-refractivity contribution in [2.45, 2.75) is 13.3 Å². The second kappa shape index (κ2) is 4.44. The minimum atomic E-state index is -0.763. The third kappa shape index (κ3) is 2.06. The van der Waals surface area contributed by atoms with Gasteiger partial charge in [0.2, 0.25) is 0 Å². The Balaban J connectivity index is 2.39. The van der Waals surface area contributed by atoms with Crippen LogP contribution in [0.2, 0.25) is 5.02 Å². The van der Waals surface area contributed by atoms with Gasteiger partial charge in [0.05, 0.1) is 15.6 Å². The van der Waals surface area contributed by atoms with Crippen LogP contribution >= 0.6 is 22.9 Å². The topological polar surface area (TPSA) is 37.3 Å². The molecule has 1 N–H and O–H groups in total. The zero-order chi connectivity index (χ0) is 11.7. The third-order valence-electron chi connectivity index (χ3n) is 2.58. The van der Waals surface area contributed by atoms with Crippen LogP contribution in [0.5, 0.6) is 0 Å². The van der Waals surface area contributed by atoms with Gasteiger partial charge >= 0.3 is 5.97 Å². The Hall–Kier alpha value is -1.06. The number of carboxylic acids is 1.